The van der Waals surface area contributed by atoms with Crippen molar-refractivity contribution in [1.82, 2.24) is 5.43 Å². The van der Waals surface area contributed by atoms with Gasteiger partial charge in [0.1, 0.15) is 6.42 Å². The summed E-state index contributed by atoms with van der Waals surface area (Å²) in [5.41, 5.74) is 3.39. The van der Waals surface area contributed by atoms with Crippen LogP contribution in [0.15, 0.2) is 41.5 Å². The van der Waals surface area contributed by atoms with E-state index in [4.69, 9.17) is 32.7 Å². The minimum Gasteiger partial charge on any atom is -0.493 e. The Morgan fingerprint density at radius 2 is 1.93 bits per heavy atom. The molecule has 2 aromatic carbocycles. The molecule has 2 aromatic rings. The summed E-state index contributed by atoms with van der Waals surface area (Å²) in [6.07, 6.45) is 1.86. The molecule has 7 nitrogen and oxygen atoms in total. The number of hydrogen-bond acceptors (Lipinski definition) is 5. The van der Waals surface area contributed by atoms with Gasteiger partial charge in [0.2, 0.25) is 11.8 Å². The van der Waals surface area contributed by atoms with Crippen LogP contribution in [0.1, 0.15) is 25.3 Å². The second kappa shape index (κ2) is 11.3. The van der Waals surface area contributed by atoms with Gasteiger partial charge in [-0.05, 0) is 36.8 Å². The summed E-state index contributed by atoms with van der Waals surface area (Å²) in [4.78, 5) is 23.9. The molecule has 0 saturated heterocycles. The Balaban J connectivity index is 1.93. The number of nitrogens with one attached hydrogen (secondary N) is 2. The van der Waals surface area contributed by atoms with Crippen LogP contribution in [0.4, 0.5) is 5.69 Å². The van der Waals surface area contributed by atoms with Gasteiger partial charge < -0.3 is 14.8 Å². The summed E-state index contributed by atoms with van der Waals surface area (Å²) in [6.45, 7) is 2.51. The second-order valence-electron chi connectivity index (χ2n) is 5.87. The fourth-order valence-corrected chi connectivity index (χ4v) is 2.59. The number of benzene rings is 2. The quantitative estimate of drug-likeness (QED) is 0.348. The standard InChI is InChI=1S/C20H21Cl2N3O4/c1-3-9-29-20-13(5-4-6-17(20)28-2)12-23-25-19(27)11-18(26)24-14-7-8-15(21)16(22)10-14/h4-8,10,12H,3,9,11H2,1-2H3,(H,24,26)(H,25,27). The number of amides is 2. The first-order valence-corrected chi connectivity index (χ1v) is 9.56. The SMILES string of the molecule is CCCOc1c(C=NNC(=O)CC(=O)Nc2ccc(Cl)c(Cl)c2)cccc1OC. The van der Waals surface area contributed by atoms with Gasteiger partial charge in [0, 0.05) is 11.3 Å². The zero-order valence-electron chi connectivity index (χ0n) is 16.0. The highest BCUT2D eigenvalue weighted by Gasteiger charge is 2.11. The third-order valence-electron chi connectivity index (χ3n) is 3.60. The fourth-order valence-electron chi connectivity index (χ4n) is 2.29. The highest BCUT2D eigenvalue weighted by Crippen LogP contribution is 2.30. The van der Waals surface area contributed by atoms with Crippen molar-refractivity contribution in [2.75, 3.05) is 19.0 Å². The molecule has 29 heavy (non-hydrogen) atoms. The fraction of sp³-hybridized carbons (Fsp3) is 0.250. The van der Waals surface area contributed by atoms with Crippen molar-refractivity contribution in [2.45, 2.75) is 19.8 Å². The molecule has 0 aliphatic carbocycles. The molecule has 0 bridgehead atoms. The van der Waals surface area contributed by atoms with Crippen molar-refractivity contribution in [2.24, 2.45) is 5.10 Å². The number of carbonyl (C=O) groups excluding carboxylic acids is 2. The van der Waals surface area contributed by atoms with E-state index in [1.807, 2.05) is 6.92 Å². The molecule has 9 heteroatoms. The lowest BCUT2D eigenvalue weighted by Crippen LogP contribution is -2.24. The largest absolute Gasteiger partial charge is 0.493 e. The Kier molecular flexibility index (Phi) is 8.76. The predicted molar refractivity (Wildman–Crippen MR) is 114 cm³/mol. The van der Waals surface area contributed by atoms with Crippen LogP contribution in [0.25, 0.3) is 0 Å². The number of hydrogen-bond donors (Lipinski definition) is 2. The van der Waals surface area contributed by atoms with Gasteiger partial charge >= 0.3 is 0 Å². The van der Waals surface area contributed by atoms with E-state index >= 15 is 0 Å². The number of anilines is 1. The van der Waals surface area contributed by atoms with Crippen molar-refractivity contribution in [3.05, 3.63) is 52.0 Å². The number of para-hydroxylation sites is 1. The molecule has 0 aliphatic heterocycles. The van der Waals surface area contributed by atoms with E-state index in [1.165, 1.54) is 12.3 Å². The summed E-state index contributed by atoms with van der Waals surface area (Å²) in [5.74, 6) is 0.0177. The number of nitrogens with zero attached hydrogens (tertiary/aromatic N) is 1. The van der Waals surface area contributed by atoms with E-state index in [0.29, 0.717) is 39.4 Å². The van der Waals surface area contributed by atoms with Crippen molar-refractivity contribution in [3.8, 4) is 11.5 Å². The van der Waals surface area contributed by atoms with E-state index in [1.54, 1.807) is 37.4 Å². The minimum absolute atomic E-state index is 0.304. The van der Waals surface area contributed by atoms with Gasteiger partial charge in [0.25, 0.3) is 0 Å². The Morgan fingerprint density at radius 3 is 2.62 bits per heavy atom. The van der Waals surface area contributed by atoms with E-state index < -0.39 is 18.2 Å². The highest BCUT2D eigenvalue weighted by atomic mass is 35.5. The van der Waals surface area contributed by atoms with Gasteiger partial charge in [-0.15, -0.1) is 0 Å². The molecule has 0 atom stereocenters. The second-order valence-corrected chi connectivity index (χ2v) is 6.69. The molecule has 2 N–H and O–H groups in total. The summed E-state index contributed by atoms with van der Waals surface area (Å²) >= 11 is 11.7. The van der Waals surface area contributed by atoms with E-state index in [2.05, 4.69) is 15.8 Å². The summed E-state index contributed by atoms with van der Waals surface area (Å²) in [6, 6.07) is 9.97. The van der Waals surface area contributed by atoms with Gasteiger partial charge in [-0.2, -0.15) is 5.10 Å². The summed E-state index contributed by atoms with van der Waals surface area (Å²) < 4.78 is 11.0. The normalized spacial score (nSPS) is 10.6. The molecule has 0 radical (unpaired) electrons. The number of ether oxygens (including phenoxy) is 2. The lowest BCUT2D eigenvalue weighted by molar-refractivity contribution is -0.126. The topological polar surface area (TPSA) is 89.0 Å². The molecule has 2 amide bonds. The molecule has 2 rings (SSSR count). The molecule has 0 aromatic heterocycles. The molecule has 0 saturated carbocycles. The van der Waals surface area contributed by atoms with Crippen LogP contribution in [-0.2, 0) is 9.59 Å². The van der Waals surface area contributed by atoms with Crippen LogP contribution in [0, 0.1) is 0 Å². The number of methoxy groups -OCH3 is 1. The third kappa shape index (κ3) is 6.96. The van der Waals surface area contributed by atoms with E-state index in [-0.39, 0.29) is 0 Å². The summed E-state index contributed by atoms with van der Waals surface area (Å²) in [7, 11) is 1.54. The maximum Gasteiger partial charge on any atom is 0.249 e. The van der Waals surface area contributed by atoms with Crippen LogP contribution >= 0.6 is 23.2 Å². The van der Waals surface area contributed by atoms with Crippen LogP contribution in [0.2, 0.25) is 10.0 Å². The first-order valence-electron chi connectivity index (χ1n) is 8.81. The minimum atomic E-state index is -0.572. The van der Waals surface area contributed by atoms with Crippen molar-refractivity contribution in [1.29, 1.82) is 0 Å². The molecular formula is C20H21Cl2N3O4. The van der Waals surface area contributed by atoms with E-state index in [0.717, 1.165) is 6.42 Å². The lowest BCUT2D eigenvalue weighted by atomic mass is 10.2. The van der Waals surface area contributed by atoms with Gasteiger partial charge in [-0.25, -0.2) is 5.43 Å². The molecule has 0 aliphatic rings. The summed E-state index contributed by atoms with van der Waals surface area (Å²) in [5, 5.41) is 7.13. The molecule has 0 unspecified atom stereocenters. The highest BCUT2D eigenvalue weighted by molar-refractivity contribution is 6.42. The van der Waals surface area contributed by atoms with Crippen LogP contribution in [0.3, 0.4) is 0 Å². The zero-order valence-corrected chi connectivity index (χ0v) is 17.5. The van der Waals surface area contributed by atoms with Crippen molar-refractivity contribution < 1.29 is 19.1 Å². The monoisotopic (exact) mass is 437 g/mol. The average molecular weight is 438 g/mol. The Bertz CT molecular complexity index is 903. The van der Waals surface area contributed by atoms with Crippen molar-refractivity contribution >= 4 is 46.9 Å². The Hall–Kier alpha value is -2.77. The number of hydrazone groups is 1. The number of rotatable bonds is 9. The van der Waals surface area contributed by atoms with E-state index in [9.17, 15) is 9.59 Å². The number of halogens is 2. The Labute approximate surface area is 179 Å². The van der Waals surface area contributed by atoms with Gasteiger partial charge in [0.15, 0.2) is 11.5 Å². The maximum atomic E-state index is 12.0. The Morgan fingerprint density at radius 1 is 1.14 bits per heavy atom. The molecular weight excluding hydrogens is 417 g/mol. The molecule has 0 spiro atoms. The third-order valence-corrected chi connectivity index (χ3v) is 4.34. The number of carbonyl (C=O) groups is 2. The zero-order chi connectivity index (χ0) is 21.2. The van der Waals surface area contributed by atoms with Gasteiger partial charge in [0.05, 0.1) is 30.0 Å². The molecule has 0 fully saturated rings. The van der Waals surface area contributed by atoms with Gasteiger partial charge in [-0.3, -0.25) is 9.59 Å². The lowest BCUT2D eigenvalue weighted by Gasteiger charge is -2.12. The molecule has 154 valence electrons. The first kappa shape index (κ1) is 22.5. The smallest absolute Gasteiger partial charge is 0.249 e. The molecule has 0 heterocycles. The van der Waals surface area contributed by atoms with Crippen LogP contribution < -0.4 is 20.2 Å². The van der Waals surface area contributed by atoms with Crippen LogP contribution in [0.5, 0.6) is 11.5 Å². The predicted octanol–water partition coefficient (Wildman–Crippen LogP) is 4.27. The average Bonchev–Trinajstić information content (AvgIpc) is 2.69. The van der Waals surface area contributed by atoms with Crippen LogP contribution in [-0.4, -0.2) is 31.7 Å². The maximum absolute atomic E-state index is 12.0. The van der Waals surface area contributed by atoms with Crippen molar-refractivity contribution in [3.63, 3.8) is 0 Å². The first-order chi connectivity index (χ1) is 13.9. The van der Waals surface area contributed by atoms with Gasteiger partial charge in [-0.1, -0.05) is 36.2 Å².